The van der Waals surface area contributed by atoms with E-state index < -0.39 is 66.4 Å². The third kappa shape index (κ3) is 12.5. The number of esters is 3. The minimum absolute atomic E-state index is 0.0886. The summed E-state index contributed by atoms with van der Waals surface area (Å²) in [5.41, 5.74) is 0.875. The number of carbonyl (C=O) groups excluding carboxylic acids is 6. The molecule has 2 rings (SSSR count). The van der Waals surface area contributed by atoms with Gasteiger partial charge in [-0.15, -0.1) is 0 Å². The first-order valence-corrected chi connectivity index (χ1v) is 13.6. The van der Waals surface area contributed by atoms with Gasteiger partial charge in [-0.2, -0.15) is 0 Å². The fourth-order valence-electron chi connectivity index (χ4n) is 4.24. The molecule has 0 bridgehead atoms. The van der Waals surface area contributed by atoms with Crippen molar-refractivity contribution >= 4 is 35.8 Å². The molecule has 3 amide bonds. The molecule has 0 radical (unpaired) electrons. The molecule has 0 aliphatic carbocycles. The standard InChI is InChI=1S/C28H39N3O11/c1-17(32)30-24-26(41-20(4)35)25(40-19(3)34)22(16-38-18(2)33)42-27(24)31-23(36)13-9-6-10-14-29-28(37)39-15-21-11-7-5-8-12-21/h5,7-8,11-12,22,24-27H,6,9-10,13-16H2,1-4H3,(H,29,37)(H,30,32)(H,31,36)/t22?,24-,25+,26+,27+/m0/s1. The van der Waals surface area contributed by atoms with Crippen LogP contribution in [-0.4, -0.2) is 79.5 Å². The molecule has 1 fully saturated rings. The number of rotatable bonds is 14. The van der Waals surface area contributed by atoms with Crippen LogP contribution in [0, 0.1) is 0 Å². The van der Waals surface area contributed by atoms with Crippen LogP contribution in [0.2, 0.25) is 0 Å². The molecule has 1 saturated heterocycles. The summed E-state index contributed by atoms with van der Waals surface area (Å²) in [5, 5.41) is 7.92. The van der Waals surface area contributed by atoms with Crippen molar-refractivity contribution in [1.29, 1.82) is 0 Å². The van der Waals surface area contributed by atoms with Crippen LogP contribution in [0.5, 0.6) is 0 Å². The molecule has 3 N–H and O–H groups in total. The summed E-state index contributed by atoms with van der Waals surface area (Å²) in [6.45, 7) is 4.83. The quantitative estimate of drug-likeness (QED) is 0.160. The lowest BCUT2D eigenvalue weighted by molar-refractivity contribution is -0.228. The first kappa shape index (κ1) is 34.0. The van der Waals surface area contributed by atoms with Gasteiger partial charge >= 0.3 is 24.0 Å². The zero-order valence-electron chi connectivity index (χ0n) is 24.2. The lowest BCUT2D eigenvalue weighted by Gasteiger charge is -2.45. The van der Waals surface area contributed by atoms with E-state index in [9.17, 15) is 28.8 Å². The van der Waals surface area contributed by atoms with Gasteiger partial charge in [-0.1, -0.05) is 36.8 Å². The minimum atomic E-state index is -1.26. The Bertz CT molecular complexity index is 1080. The van der Waals surface area contributed by atoms with Gasteiger partial charge in [-0.3, -0.25) is 24.0 Å². The van der Waals surface area contributed by atoms with E-state index >= 15 is 0 Å². The summed E-state index contributed by atoms with van der Waals surface area (Å²) in [7, 11) is 0. The van der Waals surface area contributed by atoms with Crippen LogP contribution in [0.1, 0.15) is 58.9 Å². The number of alkyl carbamates (subject to hydrolysis) is 1. The number of carbonyl (C=O) groups is 6. The Morgan fingerprint density at radius 3 is 2.07 bits per heavy atom. The van der Waals surface area contributed by atoms with Gasteiger partial charge in [0.15, 0.2) is 18.4 Å². The predicted octanol–water partition coefficient (Wildman–Crippen LogP) is 1.25. The van der Waals surface area contributed by atoms with Gasteiger partial charge in [0, 0.05) is 40.7 Å². The highest BCUT2D eigenvalue weighted by Crippen LogP contribution is 2.26. The summed E-state index contributed by atoms with van der Waals surface area (Å²) in [6.07, 6.45) is -3.59. The van der Waals surface area contributed by atoms with Crippen molar-refractivity contribution in [1.82, 2.24) is 16.0 Å². The third-order valence-electron chi connectivity index (χ3n) is 5.98. The van der Waals surface area contributed by atoms with E-state index in [2.05, 4.69) is 16.0 Å². The molecule has 1 aliphatic rings. The van der Waals surface area contributed by atoms with Gasteiger partial charge in [0.1, 0.15) is 25.4 Å². The zero-order chi connectivity index (χ0) is 31.1. The molecule has 1 heterocycles. The summed E-state index contributed by atoms with van der Waals surface area (Å²) in [5.74, 6) is -3.04. The lowest BCUT2D eigenvalue weighted by Crippen LogP contribution is -2.69. The normalized spacial score (nSPS) is 21.3. The van der Waals surface area contributed by atoms with Crippen molar-refractivity contribution in [2.75, 3.05) is 13.2 Å². The molecule has 0 saturated carbocycles. The average Bonchev–Trinajstić information content (AvgIpc) is 2.91. The smallest absolute Gasteiger partial charge is 0.407 e. The molecule has 1 aliphatic heterocycles. The van der Waals surface area contributed by atoms with Gasteiger partial charge in [-0.25, -0.2) is 4.79 Å². The Morgan fingerprint density at radius 2 is 1.45 bits per heavy atom. The molecule has 1 aromatic rings. The van der Waals surface area contributed by atoms with Crippen molar-refractivity contribution in [3.63, 3.8) is 0 Å². The fraction of sp³-hybridized carbons (Fsp3) is 0.571. The first-order valence-electron chi connectivity index (χ1n) is 13.6. The second kappa shape index (κ2) is 17.6. The highest BCUT2D eigenvalue weighted by atomic mass is 16.6. The maximum atomic E-state index is 12.8. The second-order valence-electron chi connectivity index (χ2n) is 9.64. The number of unbranched alkanes of at least 4 members (excludes halogenated alkanes) is 2. The van der Waals surface area contributed by atoms with E-state index in [0.29, 0.717) is 25.8 Å². The maximum Gasteiger partial charge on any atom is 0.407 e. The largest absolute Gasteiger partial charge is 0.463 e. The Morgan fingerprint density at radius 1 is 0.786 bits per heavy atom. The van der Waals surface area contributed by atoms with Crippen molar-refractivity contribution < 1.29 is 52.5 Å². The Kier molecular flexibility index (Phi) is 14.2. The van der Waals surface area contributed by atoms with Crippen LogP contribution in [0.25, 0.3) is 0 Å². The number of amides is 3. The molecular weight excluding hydrogens is 554 g/mol. The molecule has 5 atom stereocenters. The Balaban J connectivity index is 1.93. The van der Waals surface area contributed by atoms with Gasteiger partial charge in [-0.05, 0) is 18.4 Å². The topological polar surface area (TPSA) is 185 Å². The van der Waals surface area contributed by atoms with E-state index in [1.54, 1.807) is 0 Å². The SMILES string of the molecule is CC(=O)N[C@H]1[C@@H](OC(C)=O)[C@H](OC(C)=O)C(COC(C)=O)O[C@H]1NC(=O)CCCCCNC(=O)OCc1ccccc1. The van der Waals surface area contributed by atoms with Crippen molar-refractivity contribution in [2.45, 2.75) is 90.6 Å². The van der Waals surface area contributed by atoms with E-state index in [4.69, 9.17) is 23.7 Å². The molecule has 14 heteroatoms. The van der Waals surface area contributed by atoms with Crippen molar-refractivity contribution in [3.8, 4) is 0 Å². The van der Waals surface area contributed by atoms with Crippen LogP contribution in [0.15, 0.2) is 30.3 Å². The summed E-state index contributed by atoms with van der Waals surface area (Å²) in [4.78, 5) is 71.8. The fourth-order valence-corrected chi connectivity index (χ4v) is 4.24. The molecule has 232 valence electrons. The van der Waals surface area contributed by atoms with E-state index in [0.717, 1.165) is 19.4 Å². The predicted molar refractivity (Wildman–Crippen MR) is 145 cm³/mol. The molecule has 1 aromatic carbocycles. The monoisotopic (exact) mass is 593 g/mol. The van der Waals surface area contributed by atoms with E-state index in [1.165, 1.54) is 13.8 Å². The molecule has 0 spiro atoms. The van der Waals surface area contributed by atoms with Crippen LogP contribution in [0.3, 0.4) is 0 Å². The molecule has 0 aromatic heterocycles. The Labute approximate surface area is 244 Å². The van der Waals surface area contributed by atoms with E-state index in [1.807, 2.05) is 30.3 Å². The maximum absolute atomic E-state index is 12.8. The van der Waals surface area contributed by atoms with Gasteiger partial charge in [0.2, 0.25) is 11.8 Å². The van der Waals surface area contributed by atoms with Crippen LogP contribution in [-0.2, 0) is 54.3 Å². The van der Waals surface area contributed by atoms with Crippen molar-refractivity contribution in [3.05, 3.63) is 35.9 Å². The molecule has 42 heavy (non-hydrogen) atoms. The van der Waals surface area contributed by atoms with Crippen LogP contribution >= 0.6 is 0 Å². The molecular formula is C28H39N3O11. The summed E-state index contributed by atoms with van der Waals surface area (Å²) < 4.78 is 26.9. The number of hydrogen-bond acceptors (Lipinski definition) is 11. The Hall–Kier alpha value is -4.20. The summed E-state index contributed by atoms with van der Waals surface area (Å²) >= 11 is 0. The van der Waals surface area contributed by atoms with Gasteiger partial charge < -0.3 is 39.6 Å². The van der Waals surface area contributed by atoms with E-state index in [-0.39, 0.29) is 19.6 Å². The first-order chi connectivity index (χ1) is 20.0. The number of nitrogens with one attached hydrogen (secondary N) is 3. The van der Waals surface area contributed by atoms with Crippen LogP contribution < -0.4 is 16.0 Å². The lowest BCUT2D eigenvalue weighted by atomic mass is 9.95. The van der Waals surface area contributed by atoms with Crippen LogP contribution in [0.4, 0.5) is 4.79 Å². The highest BCUT2D eigenvalue weighted by Gasteiger charge is 2.51. The third-order valence-corrected chi connectivity index (χ3v) is 5.98. The highest BCUT2D eigenvalue weighted by molar-refractivity contribution is 5.77. The summed E-state index contributed by atoms with van der Waals surface area (Å²) in [6, 6.07) is 8.16. The average molecular weight is 594 g/mol. The van der Waals surface area contributed by atoms with Gasteiger partial charge in [0.05, 0.1) is 0 Å². The number of benzene rings is 1. The second-order valence-corrected chi connectivity index (χ2v) is 9.64. The zero-order valence-corrected chi connectivity index (χ0v) is 24.2. The number of ether oxygens (including phenoxy) is 5. The van der Waals surface area contributed by atoms with Gasteiger partial charge in [0.25, 0.3) is 0 Å². The molecule has 14 nitrogen and oxygen atoms in total. The van der Waals surface area contributed by atoms with Crippen molar-refractivity contribution in [2.24, 2.45) is 0 Å². The molecule has 1 unspecified atom stereocenters. The number of hydrogen-bond donors (Lipinski definition) is 3. The minimum Gasteiger partial charge on any atom is -0.463 e.